The fraction of sp³-hybridized carbons (Fsp3) is 0.911. The summed E-state index contributed by atoms with van der Waals surface area (Å²) >= 11 is 0. The molecule has 7 heteroatoms. The molecule has 2 heterocycles. The number of ether oxygens (including phenoxy) is 1. The van der Waals surface area contributed by atoms with E-state index < -0.39 is 0 Å². The van der Waals surface area contributed by atoms with Gasteiger partial charge in [-0.15, -0.1) is 0 Å². The molecule has 7 aliphatic rings. The number of hydrogen-bond acceptors (Lipinski definition) is 5. The predicted molar refractivity (Wildman–Crippen MR) is 208 cm³/mol. The summed E-state index contributed by atoms with van der Waals surface area (Å²) in [6.07, 6.45) is 16.0. The van der Waals surface area contributed by atoms with E-state index in [9.17, 15) is 9.90 Å². The van der Waals surface area contributed by atoms with Gasteiger partial charge in [-0.1, -0.05) is 46.8 Å². The molecule has 2 saturated heterocycles. The first kappa shape index (κ1) is 38.8. The maximum absolute atomic E-state index is 15.0. The van der Waals surface area contributed by atoms with Gasteiger partial charge in [0.2, 0.25) is 11.8 Å². The summed E-state index contributed by atoms with van der Waals surface area (Å²) in [4.78, 5) is 32.2. The Morgan fingerprint density at radius 3 is 2.27 bits per heavy atom. The fourth-order valence-corrected chi connectivity index (χ4v) is 15.1. The topological polar surface area (TPSA) is 82.1 Å². The highest BCUT2D eigenvalue weighted by atomic mass is 16.5. The van der Waals surface area contributed by atoms with Gasteiger partial charge in [0.15, 0.2) is 0 Å². The predicted octanol–water partition coefficient (Wildman–Crippen LogP) is 7.86. The monoisotopic (exact) mass is 722 g/mol. The second-order valence-corrected chi connectivity index (χ2v) is 20.6. The van der Waals surface area contributed by atoms with Gasteiger partial charge < -0.3 is 20.1 Å². The van der Waals surface area contributed by atoms with Crippen molar-refractivity contribution in [3.05, 3.63) is 12.2 Å². The molecule has 5 saturated carbocycles. The molecule has 0 unspecified atom stereocenters. The number of hydrogen-bond donors (Lipinski definition) is 2. The maximum Gasteiger partial charge on any atom is 0.229 e. The highest BCUT2D eigenvalue weighted by Crippen LogP contribution is 2.77. The van der Waals surface area contributed by atoms with Crippen LogP contribution in [0.3, 0.4) is 0 Å². The number of carbonyl (C=O) groups excluding carboxylic acids is 2. The molecule has 0 radical (unpaired) electrons. The smallest absolute Gasteiger partial charge is 0.229 e. The number of amides is 2. The van der Waals surface area contributed by atoms with Gasteiger partial charge in [-0.05, 0) is 154 Å². The van der Waals surface area contributed by atoms with E-state index >= 15 is 4.79 Å². The molecule has 7 fully saturated rings. The fourth-order valence-electron chi connectivity index (χ4n) is 15.1. The van der Waals surface area contributed by atoms with E-state index in [2.05, 4.69) is 63.2 Å². The lowest BCUT2D eigenvalue weighted by atomic mass is 9.32. The lowest BCUT2D eigenvalue weighted by Crippen LogP contribution is -2.67. The number of nitrogens with one attached hydrogen (secondary N) is 1. The van der Waals surface area contributed by atoms with Crippen molar-refractivity contribution < 1.29 is 19.4 Å². The first-order valence-electron chi connectivity index (χ1n) is 21.9. The lowest BCUT2D eigenvalue weighted by Gasteiger charge is -2.73. The highest BCUT2D eigenvalue weighted by molar-refractivity contribution is 5.84. The van der Waals surface area contributed by atoms with Gasteiger partial charge in [0.25, 0.3) is 0 Å². The van der Waals surface area contributed by atoms with Crippen molar-refractivity contribution in [2.24, 2.45) is 62.6 Å². The SMILES string of the molecule is C=C(C)[C@@H]1CC[C@]2(C(=O)N3CCC(CCCC(=O)NCCN4CCOCC4)CC3)CC[C@]3(C)[C@H](CC[C@@H]4[C@@]5(C)CC[C@H](O)C(C)(C)[C@@H]5CC[C@]43C)[C@@H]12. The molecular formula is C45H75N3O4. The van der Waals surface area contributed by atoms with Crippen molar-refractivity contribution in [3.8, 4) is 0 Å². The van der Waals surface area contributed by atoms with Crippen LogP contribution in [-0.2, 0) is 14.3 Å². The minimum absolute atomic E-state index is 0.0258. The third-order valence-electron chi connectivity index (χ3n) is 18.2. The zero-order chi connectivity index (χ0) is 37.1. The van der Waals surface area contributed by atoms with Crippen molar-refractivity contribution in [3.63, 3.8) is 0 Å². The lowest BCUT2D eigenvalue weighted by molar-refractivity contribution is -0.247. The number of rotatable bonds is 9. The van der Waals surface area contributed by atoms with Gasteiger partial charge in [0.05, 0.1) is 24.7 Å². The average molecular weight is 722 g/mol. The molecule has 52 heavy (non-hydrogen) atoms. The van der Waals surface area contributed by atoms with Crippen LogP contribution in [-0.4, -0.2) is 85.3 Å². The summed E-state index contributed by atoms with van der Waals surface area (Å²) < 4.78 is 5.42. The second kappa shape index (κ2) is 14.6. The minimum Gasteiger partial charge on any atom is -0.393 e. The molecule has 7 rings (SSSR count). The van der Waals surface area contributed by atoms with Crippen LogP contribution >= 0.6 is 0 Å². The first-order valence-corrected chi connectivity index (χ1v) is 21.9. The second-order valence-electron chi connectivity index (χ2n) is 20.6. The van der Waals surface area contributed by atoms with E-state index in [1.165, 1.54) is 37.7 Å². The van der Waals surface area contributed by atoms with Crippen LogP contribution < -0.4 is 5.32 Å². The molecule has 5 aliphatic carbocycles. The molecule has 0 spiro atoms. The van der Waals surface area contributed by atoms with Gasteiger partial charge in [-0.25, -0.2) is 0 Å². The Labute approximate surface area is 316 Å². The number of carbonyl (C=O) groups is 2. The van der Waals surface area contributed by atoms with Gasteiger partial charge in [-0.3, -0.25) is 14.5 Å². The van der Waals surface area contributed by atoms with Crippen LogP contribution in [0.2, 0.25) is 0 Å². The summed E-state index contributed by atoms with van der Waals surface area (Å²) in [6, 6.07) is 0. The Bertz CT molecular complexity index is 1340. The summed E-state index contributed by atoms with van der Waals surface area (Å²) in [7, 11) is 0. The normalized spacial score (nSPS) is 43.5. The summed E-state index contributed by atoms with van der Waals surface area (Å²) in [5, 5.41) is 14.3. The van der Waals surface area contributed by atoms with Crippen molar-refractivity contribution in [2.45, 2.75) is 144 Å². The molecule has 7 nitrogen and oxygen atoms in total. The van der Waals surface area contributed by atoms with Gasteiger partial charge in [0.1, 0.15) is 0 Å². The molecule has 0 bridgehead atoms. The van der Waals surface area contributed by atoms with E-state index in [1.807, 2.05) is 0 Å². The van der Waals surface area contributed by atoms with Crippen molar-refractivity contribution in [1.82, 2.24) is 15.1 Å². The highest BCUT2D eigenvalue weighted by Gasteiger charge is 2.72. The third kappa shape index (κ3) is 6.35. The van der Waals surface area contributed by atoms with Crippen LogP contribution in [0.4, 0.5) is 0 Å². The Kier molecular flexibility index (Phi) is 10.9. The summed E-state index contributed by atoms with van der Waals surface area (Å²) in [6.45, 7) is 26.4. The number of piperidine rings is 1. The third-order valence-corrected chi connectivity index (χ3v) is 18.2. The Morgan fingerprint density at radius 1 is 0.827 bits per heavy atom. The first-order chi connectivity index (χ1) is 24.7. The minimum atomic E-state index is -0.235. The van der Waals surface area contributed by atoms with Crippen LogP contribution in [0.15, 0.2) is 12.2 Å². The van der Waals surface area contributed by atoms with Crippen molar-refractivity contribution >= 4 is 11.8 Å². The van der Waals surface area contributed by atoms with E-state index in [0.717, 1.165) is 110 Å². The van der Waals surface area contributed by atoms with E-state index in [4.69, 9.17) is 4.74 Å². The number of allylic oxidation sites excluding steroid dienone is 1. The quantitative estimate of drug-likeness (QED) is 0.237. The van der Waals surface area contributed by atoms with Crippen molar-refractivity contribution in [1.29, 1.82) is 0 Å². The average Bonchev–Trinajstić information content (AvgIpc) is 3.52. The van der Waals surface area contributed by atoms with Crippen LogP contribution in [0, 0.1) is 62.6 Å². The summed E-state index contributed by atoms with van der Waals surface area (Å²) in [5.41, 5.74) is 1.80. The number of aliphatic hydroxyl groups is 1. The molecular weight excluding hydrogens is 647 g/mol. The molecule has 0 aromatic rings. The number of nitrogens with zero attached hydrogens (tertiary/aromatic N) is 2. The van der Waals surface area contributed by atoms with E-state index in [1.54, 1.807) is 0 Å². The molecule has 2 amide bonds. The van der Waals surface area contributed by atoms with E-state index in [-0.39, 0.29) is 39.1 Å². The Morgan fingerprint density at radius 2 is 1.56 bits per heavy atom. The van der Waals surface area contributed by atoms with Gasteiger partial charge in [0, 0.05) is 45.7 Å². The van der Waals surface area contributed by atoms with Crippen LogP contribution in [0.25, 0.3) is 0 Å². The molecule has 2 N–H and O–H groups in total. The molecule has 0 aromatic carbocycles. The number of aliphatic hydroxyl groups excluding tert-OH is 1. The van der Waals surface area contributed by atoms with E-state index in [0.29, 0.717) is 47.8 Å². The maximum atomic E-state index is 15.0. The number of likely N-dealkylation sites (tertiary alicyclic amines) is 1. The van der Waals surface area contributed by atoms with Gasteiger partial charge in [-0.2, -0.15) is 0 Å². The molecule has 2 aliphatic heterocycles. The van der Waals surface area contributed by atoms with Gasteiger partial charge >= 0.3 is 0 Å². The largest absolute Gasteiger partial charge is 0.393 e. The molecule has 294 valence electrons. The summed E-state index contributed by atoms with van der Waals surface area (Å²) in [5.74, 6) is 3.94. The van der Waals surface area contributed by atoms with Crippen LogP contribution in [0.1, 0.15) is 138 Å². The zero-order valence-corrected chi connectivity index (χ0v) is 34.1. The van der Waals surface area contributed by atoms with Crippen molar-refractivity contribution in [2.75, 3.05) is 52.5 Å². The number of fused-ring (bicyclic) bond motifs is 7. The standard InChI is InChI=1S/C45H75N3O4/c1-31(2)33-13-20-45(40(51)48-24-16-32(17-25-48)9-8-10-38(50)46-23-26-47-27-29-52-30-28-47)22-21-43(6)34(39(33)45)11-12-36-42(5)18-15-37(49)41(3,4)35(42)14-19-44(36,43)7/h32-37,39,49H,1,8-30H2,2-7H3,(H,46,50)/t33-,34+,35-,36+,37-,39+,42-,43+,44+,45-/m0/s1. The van der Waals surface area contributed by atoms with Crippen LogP contribution in [0.5, 0.6) is 0 Å². The molecule has 10 atom stereocenters. The zero-order valence-electron chi connectivity index (χ0n) is 34.1. The Balaban J connectivity index is 0.988. The number of morpholine rings is 1. The molecule has 0 aromatic heterocycles. The Hall–Kier alpha value is -1.44.